The molecule has 0 radical (unpaired) electrons. The summed E-state index contributed by atoms with van der Waals surface area (Å²) in [5.74, 6) is 0.0358. The second-order valence-corrected chi connectivity index (χ2v) is 6.62. The summed E-state index contributed by atoms with van der Waals surface area (Å²) in [6.45, 7) is 3.52. The lowest BCUT2D eigenvalue weighted by Crippen LogP contribution is -2.01. The number of aldehydes is 1. The van der Waals surface area contributed by atoms with E-state index in [2.05, 4.69) is 19.1 Å². The second-order valence-electron chi connectivity index (χ2n) is 6.62. The molecule has 0 spiro atoms. The van der Waals surface area contributed by atoms with Gasteiger partial charge in [0.15, 0.2) is 0 Å². The van der Waals surface area contributed by atoms with Crippen molar-refractivity contribution >= 4 is 12.3 Å². The van der Waals surface area contributed by atoms with E-state index >= 15 is 0 Å². The van der Waals surface area contributed by atoms with Crippen molar-refractivity contribution in [2.24, 2.45) is 5.73 Å². The Bertz CT molecular complexity index is 850. The molecule has 164 valence electrons. The zero-order valence-electron chi connectivity index (χ0n) is 17.9. The molecule has 5 heteroatoms. The Labute approximate surface area is 184 Å². The van der Waals surface area contributed by atoms with Gasteiger partial charge in [0.05, 0.1) is 13.0 Å². The molecular weight excluding hydrogens is 390 g/mol. The monoisotopic (exact) mass is 421 g/mol. The summed E-state index contributed by atoms with van der Waals surface area (Å²) >= 11 is 0. The van der Waals surface area contributed by atoms with Crippen LogP contribution in [0.25, 0.3) is 0 Å². The molecule has 0 aromatic heterocycles. The van der Waals surface area contributed by atoms with E-state index in [1.165, 1.54) is 5.56 Å². The van der Waals surface area contributed by atoms with Crippen LogP contribution in [0.2, 0.25) is 0 Å². The molecule has 5 nitrogen and oxygen atoms in total. The average molecular weight is 422 g/mol. The minimum atomic E-state index is -0.786. The topological polar surface area (TPSA) is 89.6 Å². The van der Waals surface area contributed by atoms with Crippen LogP contribution in [0.5, 0.6) is 5.75 Å². The predicted molar refractivity (Wildman–Crippen MR) is 125 cm³/mol. The van der Waals surface area contributed by atoms with Crippen molar-refractivity contribution in [3.63, 3.8) is 0 Å². The largest absolute Gasteiger partial charge is 0.494 e. The predicted octanol–water partition coefficient (Wildman–Crippen LogP) is 4.79. The van der Waals surface area contributed by atoms with Crippen LogP contribution < -0.4 is 10.5 Å². The second kappa shape index (κ2) is 16.4. The lowest BCUT2D eigenvalue weighted by Gasteiger charge is -2.02. The first-order valence-corrected chi connectivity index (χ1v) is 10.3. The summed E-state index contributed by atoms with van der Waals surface area (Å²) in [5.41, 5.74) is 8.20. The van der Waals surface area contributed by atoms with E-state index in [9.17, 15) is 9.59 Å². The Balaban J connectivity index is 0.000000235. The molecule has 0 fully saturated rings. The highest BCUT2D eigenvalue weighted by Gasteiger charge is 1.96. The standard InChI is InChI=1S/C10H12O2.C8H11N.C8H8O2/c1-2-7-12-10-5-3-9(8-11)4-6-10;9-7-6-8-4-2-1-3-5-8;9-8(10)6-7-4-2-1-3-5-7/h3-6,8H,2,7H2,1H3;1-5H,6-7,9H2;1-5H,6H2,(H,9,10). The van der Waals surface area contributed by atoms with Gasteiger partial charge in [-0.2, -0.15) is 0 Å². The van der Waals surface area contributed by atoms with Gasteiger partial charge in [-0.15, -0.1) is 0 Å². The highest BCUT2D eigenvalue weighted by Crippen LogP contribution is 2.10. The zero-order valence-corrected chi connectivity index (χ0v) is 17.9. The first kappa shape index (κ1) is 25.6. The number of carbonyl (C=O) groups excluding carboxylic acids is 1. The van der Waals surface area contributed by atoms with Crippen LogP contribution in [0.1, 0.15) is 34.8 Å². The van der Waals surface area contributed by atoms with Crippen LogP contribution in [-0.2, 0) is 17.6 Å². The highest BCUT2D eigenvalue weighted by atomic mass is 16.5. The Kier molecular flexibility index (Phi) is 13.5. The number of rotatable bonds is 8. The molecule has 3 aromatic rings. The van der Waals surface area contributed by atoms with Crippen molar-refractivity contribution in [2.75, 3.05) is 13.2 Å². The van der Waals surface area contributed by atoms with E-state index in [0.29, 0.717) is 5.56 Å². The van der Waals surface area contributed by atoms with Crippen LogP contribution in [0.15, 0.2) is 84.9 Å². The molecule has 0 aliphatic heterocycles. The molecule has 0 amide bonds. The smallest absolute Gasteiger partial charge is 0.307 e. The maximum absolute atomic E-state index is 10.3. The molecule has 3 rings (SSSR count). The van der Waals surface area contributed by atoms with E-state index < -0.39 is 5.97 Å². The fraction of sp³-hybridized carbons (Fsp3) is 0.231. The average Bonchev–Trinajstić information content (AvgIpc) is 2.80. The van der Waals surface area contributed by atoms with Crippen LogP contribution in [-0.4, -0.2) is 30.5 Å². The maximum Gasteiger partial charge on any atom is 0.307 e. The lowest BCUT2D eigenvalue weighted by molar-refractivity contribution is -0.136. The van der Waals surface area contributed by atoms with E-state index in [0.717, 1.165) is 43.6 Å². The number of carbonyl (C=O) groups is 2. The van der Waals surface area contributed by atoms with Crippen LogP contribution >= 0.6 is 0 Å². The van der Waals surface area contributed by atoms with Crippen LogP contribution in [0, 0.1) is 0 Å². The number of carboxylic acids is 1. The van der Waals surface area contributed by atoms with Gasteiger partial charge < -0.3 is 15.6 Å². The third kappa shape index (κ3) is 12.7. The Morgan fingerprint density at radius 3 is 1.90 bits per heavy atom. The number of nitrogens with two attached hydrogens (primary N) is 1. The van der Waals surface area contributed by atoms with Gasteiger partial charge in [0, 0.05) is 5.56 Å². The van der Waals surface area contributed by atoms with Gasteiger partial charge in [0.2, 0.25) is 0 Å². The van der Waals surface area contributed by atoms with Crippen LogP contribution in [0.4, 0.5) is 0 Å². The molecule has 0 bridgehead atoms. The molecule has 31 heavy (non-hydrogen) atoms. The SMILES string of the molecule is CCCOc1ccc(C=O)cc1.NCCc1ccccc1.O=C(O)Cc1ccccc1. The normalized spacial score (nSPS) is 9.35. The molecule has 0 aliphatic carbocycles. The molecule has 3 aromatic carbocycles. The lowest BCUT2D eigenvalue weighted by atomic mass is 10.2. The number of ether oxygens (including phenoxy) is 1. The van der Waals surface area contributed by atoms with Crippen molar-refractivity contribution in [2.45, 2.75) is 26.2 Å². The molecule has 0 unspecified atom stereocenters. The van der Waals surface area contributed by atoms with Gasteiger partial charge in [-0.25, -0.2) is 0 Å². The molecule has 3 N–H and O–H groups in total. The number of hydrogen-bond donors (Lipinski definition) is 2. The third-order valence-electron chi connectivity index (χ3n) is 3.96. The van der Waals surface area contributed by atoms with E-state index in [1.807, 2.05) is 36.4 Å². The van der Waals surface area contributed by atoms with Gasteiger partial charge in [-0.3, -0.25) is 9.59 Å². The highest BCUT2D eigenvalue weighted by molar-refractivity contribution is 5.74. The number of hydrogen-bond acceptors (Lipinski definition) is 4. The van der Waals surface area contributed by atoms with E-state index in [-0.39, 0.29) is 6.42 Å². The molecule has 0 heterocycles. The molecular formula is C26H31NO4. The summed E-state index contributed by atoms with van der Waals surface area (Å²) in [5, 5.41) is 8.37. The molecule has 0 saturated carbocycles. The van der Waals surface area contributed by atoms with Gasteiger partial charge in [-0.1, -0.05) is 67.6 Å². The van der Waals surface area contributed by atoms with Crippen molar-refractivity contribution in [1.29, 1.82) is 0 Å². The summed E-state index contributed by atoms with van der Waals surface area (Å²) in [7, 11) is 0. The number of benzene rings is 3. The van der Waals surface area contributed by atoms with Crippen molar-refractivity contribution < 1.29 is 19.4 Å². The van der Waals surface area contributed by atoms with E-state index in [1.54, 1.807) is 36.4 Å². The summed E-state index contributed by atoms with van der Waals surface area (Å²) in [6, 6.07) is 26.5. The van der Waals surface area contributed by atoms with E-state index in [4.69, 9.17) is 15.6 Å². The molecule has 0 saturated heterocycles. The minimum Gasteiger partial charge on any atom is -0.494 e. The summed E-state index contributed by atoms with van der Waals surface area (Å²) in [4.78, 5) is 20.5. The first-order chi connectivity index (χ1) is 15.1. The number of aliphatic carboxylic acids is 1. The van der Waals surface area contributed by atoms with Gasteiger partial charge in [0.1, 0.15) is 12.0 Å². The van der Waals surface area contributed by atoms with Gasteiger partial charge in [0.25, 0.3) is 0 Å². The fourth-order valence-electron chi connectivity index (χ4n) is 2.44. The maximum atomic E-state index is 10.3. The fourth-order valence-corrected chi connectivity index (χ4v) is 2.44. The van der Waals surface area contributed by atoms with Crippen LogP contribution in [0.3, 0.4) is 0 Å². The van der Waals surface area contributed by atoms with Gasteiger partial charge in [-0.05, 0) is 54.8 Å². The van der Waals surface area contributed by atoms with Crippen molar-refractivity contribution in [3.8, 4) is 5.75 Å². The number of carboxylic acid groups (broad SMARTS) is 1. The zero-order chi connectivity index (χ0) is 22.7. The molecule has 0 atom stereocenters. The van der Waals surface area contributed by atoms with Gasteiger partial charge >= 0.3 is 5.97 Å². The first-order valence-electron chi connectivity index (χ1n) is 10.3. The summed E-state index contributed by atoms with van der Waals surface area (Å²) in [6.07, 6.45) is 2.92. The Hall–Kier alpha value is -3.44. The quantitative estimate of drug-likeness (QED) is 0.511. The summed E-state index contributed by atoms with van der Waals surface area (Å²) < 4.78 is 5.34. The Morgan fingerprint density at radius 1 is 0.903 bits per heavy atom. The minimum absolute atomic E-state index is 0.112. The van der Waals surface area contributed by atoms with Crippen molar-refractivity contribution in [1.82, 2.24) is 0 Å². The third-order valence-corrected chi connectivity index (χ3v) is 3.96. The Morgan fingerprint density at radius 2 is 1.45 bits per heavy atom. The van der Waals surface area contributed by atoms with Crippen molar-refractivity contribution in [3.05, 3.63) is 102 Å². The molecule has 0 aliphatic rings.